The van der Waals surface area contributed by atoms with Crippen LogP contribution in [0.25, 0.3) is 0 Å². The fraction of sp³-hybridized carbons (Fsp3) is 0.500. The molecule has 1 aromatic heterocycles. The first-order valence-corrected chi connectivity index (χ1v) is 10.0. The van der Waals surface area contributed by atoms with E-state index in [2.05, 4.69) is 39.0 Å². The van der Waals surface area contributed by atoms with Crippen LogP contribution in [0.4, 0.5) is 5.82 Å². The van der Waals surface area contributed by atoms with Crippen molar-refractivity contribution in [3.05, 3.63) is 54.2 Å². The van der Waals surface area contributed by atoms with E-state index in [9.17, 15) is 0 Å². The third-order valence-electron chi connectivity index (χ3n) is 6.09. The number of hydrogen-bond acceptors (Lipinski definition) is 5. The first kappa shape index (κ1) is 18.3. The van der Waals surface area contributed by atoms with Gasteiger partial charge in [-0.15, -0.1) is 0 Å². The lowest BCUT2D eigenvalue weighted by atomic mass is 9.84. The molecular formula is C22H29N3O2. The molecule has 2 saturated heterocycles. The average Bonchev–Trinajstić information content (AvgIpc) is 3.10. The minimum atomic E-state index is 0.0470. The normalized spacial score (nSPS) is 19.5. The quantitative estimate of drug-likeness (QED) is 0.850. The molecule has 1 N–H and O–H groups in total. The van der Waals surface area contributed by atoms with Gasteiger partial charge in [-0.3, -0.25) is 4.90 Å². The summed E-state index contributed by atoms with van der Waals surface area (Å²) in [5.74, 6) is 2.00. The zero-order valence-electron chi connectivity index (χ0n) is 15.9. The third-order valence-corrected chi connectivity index (χ3v) is 6.09. The Balaban J connectivity index is 1.44. The number of para-hydroxylation sites is 1. The van der Waals surface area contributed by atoms with Crippen molar-refractivity contribution < 1.29 is 9.84 Å². The molecule has 2 aromatic rings. The lowest BCUT2D eigenvalue weighted by molar-refractivity contribution is 0.0980. The molecule has 0 atom stereocenters. The number of pyridine rings is 1. The van der Waals surface area contributed by atoms with Crippen LogP contribution in [0.3, 0.4) is 0 Å². The van der Waals surface area contributed by atoms with Crippen LogP contribution >= 0.6 is 0 Å². The summed E-state index contributed by atoms with van der Waals surface area (Å²) in [7, 11) is 0. The lowest BCUT2D eigenvalue weighted by Crippen LogP contribution is -2.52. The molecule has 0 unspecified atom stereocenters. The maximum atomic E-state index is 9.08. The van der Waals surface area contributed by atoms with Gasteiger partial charge in [-0.25, -0.2) is 4.98 Å². The molecule has 4 rings (SSSR count). The van der Waals surface area contributed by atoms with E-state index in [1.165, 1.54) is 31.2 Å². The van der Waals surface area contributed by atoms with Crippen LogP contribution in [0.15, 0.2) is 48.7 Å². The van der Waals surface area contributed by atoms with Gasteiger partial charge in [0.05, 0.1) is 6.61 Å². The van der Waals surface area contributed by atoms with Crippen molar-refractivity contribution in [3.8, 4) is 5.75 Å². The molecule has 5 heteroatoms. The minimum absolute atomic E-state index is 0.0470. The molecular weight excluding hydrogens is 338 g/mol. The van der Waals surface area contributed by atoms with Gasteiger partial charge >= 0.3 is 0 Å². The Bertz CT molecular complexity index is 729. The molecule has 0 radical (unpaired) electrons. The molecule has 2 fully saturated rings. The lowest BCUT2D eigenvalue weighted by Gasteiger charge is -2.45. The second-order valence-electron chi connectivity index (χ2n) is 7.60. The molecule has 1 aromatic carbocycles. The van der Waals surface area contributed by atoms with E-state index in [0.29, 0.717) is 12.1 Å². The highest BCUT2D eigenvalue weighted by molar-refractivity contribution is 5.39. The predicted octanol–water partition coefficient (Wildman–Crippen LogP) is 3.09. The summed E-state index contributed by atoms with van der Waals surface area (Å²) in [5.41, 5.74) is 1.52. The second-order valence-corrected chi connectivity index (χ2v) is 7.60. The van der Waals surface area contributed by atoms with Crippen LogP contribution < -0.4 is 9.64 Å². The summed E-state index contributed by atoms with van der Waals surface area (Å²) in [6.45, 7) is 4.60. The minimum Gasteiger partial charge on any atom is -0.491 e. The highest BCUT2D eigenvalue weighted by atomic mass is 16.5. The summed E-state index contributed by atoms with van der Waals surface area (Å²) in [6, 6.07) is 14.4. The number of piperidine rings is 1. The molecule has 0 amide bonds. The van der Waals surface area contributed by atoms with E-state index in [4.69, 9.17) is 9.84 Å². The summed E-state index contributed by atoms with van der Waals surface area (Å²) >= 11 is 0. The van der Waals surface area contributed by atoms with Gasteiger partial charge in [0.25, 0.3) is 0 Å². The largest absolute Gasteiger partial charge is 0.491 e. The fourth-order valence-electron chi connectivity index (χ4n) is 4.64. The van der Waals surface area contributed by atoms with E-state index < -0.39 is 0 Å². The molecule has 0 saturated carbocycles. The van der Waals surface area contributed by atoms with Crippen LogP contribution in [0.1, 0.15) is 31.2 Å². The third kappa shape index (κ3) is 3.94. The molecule has 2 aliphatic heterocycles. The maximum absolute atomic E-state index is 9.08. The Morgan fingerprint density at radius 2 is 1.81 bits per heavy atom. The number of likely N-dealkylation sites (tertiary alicyclic amines) is 1. The highest BCUT2D eigenvalue weighted by Crippen LogP contribution is 2.40. The van der Waals surface area contributed by atoms with E-state index in [1.807, 2.05) is 24.4 Å². The number of nitrogens with zero attached hydrogens (tertiary/aromatic N) is 3. The van der Waals surface area contributed by atoms with E-state index >= 15 is 0 Å². The standard InChI is InChI=1S/C22H29N3O2/c26-16-17-27-20-7-2-1-6-19(20)18-25-13-5-9-22(25)10-14-24(15-11-22)21-8-3-4-12-23-21/h1-4,6-8,12,26H,5,9-11,13-18H2. The Morgan fingerprint density at radius 1 is 1.00 bits per heavy atom. The van der Waals surface area contributed by atoms with Gasteiger partial charge in [-0.05, 0) is 50.4 Å². The van der Waals surface area contributed by atoms with Crippen LogP contribution in [0, 0.1) is 0 Å². The average molecular weight is 367 g/mol. The van der Waals surface area contributed by atoms with Crippen molar-refractivity contribution in [1.82, 2.24) is 9.88 Å². The van der Waals surface area contributed by atoms with Crippen LogP contribution in [0.2, 0.25) is 0 Å². The maximum Gasteiger partial charge on any atom is 0.128 e. The molecule has 0 aliphatic carbocycles. The van der Waals surface area contributed by atoms with Crippen molar-refractivity contribution >= 4 is 5.82 Å². The highest BCUT2D eigenvalue weighted by Gasteiger charge is 2.43. The first-order valence-electron chi connectivity index (χ1n) is 10.0. The SMILES string of the molecule is OCCOc1ccccc1CN1CCCC12CCN(c1ccccn1)CC2. The topological polar surface area (TPSA) is 48.8 Å². The van der Waals surface area contributed by atoms with E-state index in [1.54, 1.807) is 0 Å². The summed E-state index contributed by atoms with van der Waals surface area (Å²) < 4.78 is 5.75. The molecule has 1 spiro atoms. The predicted molar refractivity (Wildman–Crippen MR) is 107 cm³/mol. The van der Waals surface area contributed by atoms with Gasteiger partial charge in [0.1, 0.15) is 18.2 Å². The Kier molecular flexibility index (Phi) is 5.60. The van der Waals surface area contributed by atoms with Crippen molar-refractivity contribution in [2.75, 3.05) is 37.7 Å². The summed E-state index contributed by atoms with van der Waals surface area (Å²) in [5, 5.41) is 9.08. The molecule has 0 bridgehead atoms. The number of rotatable bonds is 6. The van der Waals surface area contributed by atoms with Crippen molar-refractivity contribution in [1.29, 1.82) is 0 Å². The first-order chi connectivity index (χ1) is 13.3. The van der Waals surface area contributed by atoms with Crippen molar-refractivity contribution in [2.45, 2.75) is 37.8 Å². The summed E-state index contributed by atoms with van der Waals surface area (Å²) in [6.07, 6.45) is 6.79. The fourth-order valence-corrected chi connectivity index (χ4v) is 4.64. The van der Waals surface area contributed by atoms with Gasteiger partial charge in [0, 0.05) is 36.9 Å². The van der Waals surface area contributed by atoms with Crippen LogP contribution in [-0.4, -0.2) is 53.4 Å². The van der Waals surface area contributed by atoms with Crippen molar-refractivity contribution in [3.63, 3.8) is 0 Å². The zero-order chi connectivity index (χ0) is 18.5. The Labute approximate surface area is 161 Å². The second kappa shape index (κ2) is 8.28. The number of ether oxygens (including phenoxy) is 1. The van der Waals surface area contributed by atoms with Gasteiger partial charge in [0.15, 0.2) is 0 Å². The Hall–Kier alpha value is -2.11. The number of benzene rings is 1. The van der Waals surface area contributed by atoms with Crippen LogP contribution in [0.5, 0.6) is 5.75 Å². The van der Waals surface area contributed by atoms with Gasteiger partial charge in [0.2, 0.25) is 0 Å². The number of anilines is 1. The zero-order valence-corrected chi connectivity index (χ0v) is 15.9. The van der Waals surface area contributed by atoms with Gasteiger partial charge in [-0.1, -0.05) is 24.3 Å². The molecule has 27 heavy (non-hydrogen) atoms. The Morgan fingerprint density at radius 3 is 2.59 bits per heavy atom. The van der Waals surface area contributed by atoms with Gasteiger partial charge in [-0.2, -0.15) is 0 Å². The summed E-state index contributed by atoms with van der Waals surface area (Å²) in [4.78, 5) is 9.61. The van der Waals surface area contributed by atoms with Crippen molar-refractivity contribution in [2.24, 2.45) is 0 Å². The number of aromatic nitrogens is 1. The van der Waals surface area contributed by atoms with Crippen LogP contribution in [-0.2, 0) is 6.54 Å². The molecule has 3 heterocycles. The monoisotopic (exact) mass is 367 g/mol. The number of aliphatic hydroxyl groups excluding tert-OH is 1. The van der Waals surface area contributed by atoms with E-state index in [0.717, 1.165) is 37.7 Å². The van der Waals surface area contributed by atoms with E-state index in [-0.39, 0.29) is 6.61 Å². The molecule has 5 nitrogen and oxygen atoms in total. The number of hydrogen-bond donors (Lipinski definition) is 1. The molecule has 2 aliphatic rings. The number of aliphatic hydroxyl groups is 1. The smallest absolute Gasteiger partial charge is 0.128 e. The van der Waals surface area contributed by atoms with Gasteiger partial charge < -0.3 is 14.7 Å². The molecule has 144 valence electrons.